The third kappa shape index (κ3) is 5.28. The van der Waals surface area contributed by atoms with Crippen LogP contribution in [0.3, 0.4) is 0 Å². The minimum atomic E-state index is -0.704. The van der Waals surface area contributed by atoms with Crippen molar-refractivity contribution in [3.8, 4) is 0 Å². The van der Waals surface area contributed by atoms with Gasteiger partial charge in [-0.1, -0.05) is 12.1 Å². The number of amides is 2. The zero-order valence-electron chi connectivity index (χ0n) is 9.32. The molecule has 0 radical (unpaired) electrons. The van der Waals surface area contributed by atoms with Crippen LogP contribution in [0.15, 0.2) is 24.3 Å². The highest BCUT2D eigenvalue weighted by molar-refractivity contribution is 5.71. The monoisotopic (exact) mass is 241 g/mol. The van der Waals surface area contributed by atoms with Crippen LogP contribution in [-0.4, -0.2) is 30.8 Å². The van der Waals surface area contributed by atoms with Gasteiger partial charge in [0.2, 0.25) is 0 Å². The molecular formula is C11H16FN3O2. The van der Waals surface area contributed by atoms with Crippen LogP contribution in [0.25, 0.3) is 0 Å². The SMILES string of the molecule is NC(=O)NCCNCC(O)c1ccc(F)cc1. The Balaban J connectivity index is 2.23. The molecule has 5 N–H and O–H groups in total. The Morgan fingerprint density at radius 3 is 2.59 bits per heavy atom. The second-order valence-electron chi connectivity index (χ2n) is 3.56. The van der Waals surface area contributed by atoms with Crippen molar-refractivity contribution in [1.29, 1.82) is 0 Å². The summed E-state index contributed by atoms with van der Waals surface area (Å²) in [6, 6.07) is 5.08. The van der Waals surface area contributed by atoms with E-state index in [9.17, 15) is 14.3 Å². The van der Waals surface area contributed by atoms with E-state index in [2.05, 4.69) is 10.6 Å². The van der Waals surface area contributed by atoms with Gasteiger partial charge in [0.25, 0.3) is 0 Å². The van der Waals surface area contributed by atoms with E-state index in [0.717, 1.165) is 0 Å². The normalized spacial score (nSPS) is 12.1. The lowest BCUT2D eigenvalue weighted by atomic mass is 10.1. The van der Waals surface area contributed by atoms with Crippen molar-refractivity contribution < 1.29 is 14.3 Å². The molecule has 17 heavy (non-hydrogen) atoms. The van der Waals surface area contributed by atoms with E-state index in [1.165, 1.54) is 24.3 Å². The van der Waals surface area contributed by atoms with Crippen molar-refractivity contribution in [2.75, 3.05) is 19.6 Å². The van der Waals surface area contributed by atoms with Gasteiger partial charge in [-0.25, -0.2) is 9.18 Å². The molecule has 0 aliphatic carbocycles. The highest BCUT2D eigenvalue weighted by Gasteiger charge is 2.06. The zero-order chi connectivity index (χ0) is 12.7. The lowest BCUT2D eigenvalue weighted by Crippen LogP contribution is -2.36. The Bertz CT molecular complexity index is 356. The van der Waals surface area contributed by atoms with E-state index < -0.39 is 12.1 Å². The third-order valence-electron chi connectivity index (χ3n) is 2.19. The van der Waals surface area contributed by atoms with Gasteiger partial charge in [-0.05, 0) is 17.7 Å². The molecule has 0 heterocycles. The average molecular weight is 241 g/mol. The van der Waals surface area contributed by atoms with Crippen LogP contribution in [0.5, 0.6) is 0 Å². The van der Waals surface area contributed by atoms with Crippen molar-refractivity contribution in [2.45, 2.75) is 6.10 Å². The lowest BCUT2D eigenvalue weighted by molar-refractivity contribution is 0.175. The highest BCUT2D eigenvalue weighted by Crippen LogP contribution is 2.11. The molecule has 0 spiro atoms. The predicted molar refractivity (Wildman–Crippen MR) is 61.8 cm³/mol. The van der Waals surface area contributed by atoms with Crippen molar-refractivity contribution in [3.63, 3.8) is 0 Å². The third-order valence-corrected chi connectivity index (χ3v) is 2.19. The molecule has 1 aromatic carbocycles. The predicted octanol–water partition coefficient (Wildman–Crippen LogP) is 0.117. The Hall–Kier alpha value is -1.66. The molecule has 0 aliphatic rings. The Morgan fingerprint density at radius 2 is 2.00 bits per heavy atom. The van der Waals surface area contributed by atoms with Crippen LogP contribution >= 0.6 is 0 Å². The minimum Gasteiger partial charge on any atom is -0.387 e. The average Bonchev–Trinajstić information content (AvgIpc) is 2.29. The number of aliphatic hydroxyl groups is 1. The van der Waals surface area contributed by atoms with Gasteiger partial charge in [-0.2, -0.15) is 0 Å². The first-order valence-corrected chi connectivity index (χ1v) is 5.27. The van der Waals surface area contributed by atoms with Crippen molar-refractivity contribution in [3.05, 3.63) is 35.6 Å². The van der Waals surface area contributed by atoms with Gasteiger partial charge in [-0.15, -0.1) is 0 Å². The molecule has 0 bridgehead atoms. The Labute approximate surface area is 98.8 Å². The summed E-state index contributed by atoms with van der Waals surface area (Å²) >= 11 is 0. The summed E-state index contributed by atoms with van der Waals surface area (Å²) in [5.41, 5.74) is 5.52. The molecule has 5 nitrogen and oxygen atoms in total. The fourth-order valence-electron chi connectivity index (χ4n) is 1.32. The molecule has 1 unspecified atom stereocenters. The second kappa shape index (κ2) is 6.82. The maximum atomic E-state index is 12.6. The van der Waals surface area contributed by atoms with Crippen LogP contribution in [0.2, 0.25) is 0 Å². The molecule has 1 atom stereocenters. The quantitative estimate of drug-likeness (QED) is 0.533. The molecule has 0 saturated heterocycles. The van der Waals surface area contributed by atoms with Crippen molar-refractivity contribution >= 4 is 6.03 Å². The first kappa shape index (κ1) is 13.4. The zero-order valence-corrected chi connectivity index (χ0v) is 9.32. The molecule has 94 valence electrons. The highest BCUT2D eigenvalue weighted by atomic mass is 19.1. The smallest absolute Gasteiger partial charge is 0.312 e. The number of hydrogen-bond acceptors (Lipinski definition) is 3. The van der Waals surface area contributed by atoms with Gasteiger partial charge in [0.1, 0.15) is 5.82 Å². The van der Waals surface area contributed by atoms with E-state index in [-0.39, 0.29) is 5.82 Å². The van der Waals surface area contributed by atoms with E-state index in [4.69, 9.17) is 5.73 Å². The summed E-state index contributed by atoms with van der Waals surface area (Å²) in [6.45, 7) is 1.22. The fraction of sp³-hybridized carbons (Fsp3) is 0.364. The van der Waals surface area contributed by atoms with Gasteiger partial charge in [0.05, 0.1) is 6.10 Å². The number of urea groups is 1. The maximum absolute atomic E-state index is 12.6. The van der Waals surface area contributed by atoms with Crippen LogP contribution in [0.1, 0.15) is 11.7 Å². The van der Waals surface area contributed by atoms with Gasteiger partial charge < -0.3 is 21.5 Å². The number of carbonyl (C=O) groups is 1. The molecule has 6 heteroatoms. The molecule has 0 fully saturated rings. The molecule has 2 amide bonds. The van der Waals surface area contributed by atoms with Crippen LogP contribution in [0, 0.1) is 5.82 Å². The lowest BCUT2D eigenvalue weighted by Gasteiger charge is -2.12. The number of halogens is 1. The van der Waals surface area contributed by atoms with Crippen LogP contribution in [0.4, 0.5) is 9.18 Å². The van der Waals surface area contributed by atoms with Crippen molar-refractivity contribution in [1.82, 2.24) is 10.6 Å². The van der Waals surface area contributed by atoms with Crippen LogP contribution in [-0.2, 0) is 0 Å². The first-order chi connectivity index (χ1) is 8.09. The second-order valence-corrected chi connectivity index (χ2v) is 3.56. The number of primary amides is 1. The maximum Gasteiger partial charge on any atom is 0.312 e. The largest absolute Gasteiger partial charge is 0.387 e. The fourth-order valence-corrected chi connectivity index (χ4v) is 1.32. The van der Waals surface area contributed by atoms with Gasteiger partial charge in [0, 0.05) is 19.6 Å². The number of hydrogen-bond donors (Lipinski definition) is 4. The van der Waals surface area contributed by atoms with E-state index >= 15 is 0 Å². The number of nitrogens with two attached hydrogens (primary N) is 1. The minimum absolute atomic E-state index is 0.325. The van der Waals surface area contributed by atoms with Gasteiger partial charge in [-0.3, -0.25) is 0 Å². The summed E-state index contributed by atoms with van der Waals surface area (Å²) in [5.74, 6) is -0.334. The number of aliphatic hydroxyl groups excluding tert-OH is 1. The van der Waals surface area contributed by atoms with Crippen LogP contribution < -0.4 is 16.4 Å². The Morgan fingerprint density at radius 1 is 1.35 bits per heavy atom. The van der Waals surface area contributed by atoms with Crippen molar-refractivity contribution in [2.24, 2.45) is 5.73 Å². The number of nitrogens with one attached hydrogen (secondary N) is 2. The molecule has 0 aromatic heterocycles. The number of rotatable bonds is 6. The molecular weight excluding hydrogens is 225 g/mol. The van der Waals surface area contributed by atoms with Gasteiger partial charge in [0.15, 0.2) is 0 Å². The van der Waals surface area contributed by atoms with E-state index in [1.807, 2.05) is 0 Å². The summed E-state index contributed by atoms with van der Waals surface area (Å²) in [4.78, 5) is 10.3. The van der Waals surface area contributed by atoms with E-state index in [1.54, 1.807) is 0 Å². The summed E-state index contributed by atoms with van der Waals surface area (Å²) < 4.78 is 12.6. The first-order valence-electron chi connectivity index (χ1n) is 5.27. The topological polar surface area (TPSA) is 87.4 Å². The van der Waals surface area contributed by atoms with Gasteiger partial charge >= 0.3 is 6.03 Å². The molecule has 1 rings (SSSR count). The summed E-state index contributed by atoms with van der Waals surface area (Å²) in [6.07, 6.45) is -0.704. The standard InChI is InChI=1S/C11H16FN3O2/c12-9-3-1-8(2-4-9)10(16)7-14-5-6-15-11(13)17/h1-4,10,14,16H,5-7H2,(H3,13,15,17). The number of carbonyl (C=O) groups excluding carboxylic acids is 1. The van der Waals surface area contributed by atoms with E-state index in [0.29, 0.717) is 25.2 Å². The number of benzene rings is 1. The molecule has 0 saturated carbocycles. The Kier molecular flexibility index (Phi) is 5.38. The summed E-state index contributed by atoms with van der Waals surface area (Å²) in [7, 11) is 0. The molecule has 0 aliphatic heterocycles. The summed E-state index contributed by atoms with van der Waals surface area (Å²) in [5, 5.41) is 15.1. The molecule has 1 aromatic rings.